The summed E-state index contributed by atoms with van der Waals surface area (Å²) < 4.78 is 4.60. The van der Waals surface area contributed by atoms with Crippen molar-refractivity contribution >= 4 is 35.1 Å². The Bertz CT molecular complexity index is 536. The number of hydrogen-bond acceptors (Lipinski definition) is 3. The molecule has 1 rings (SSSR count). The summed E-state index contributed by atoms with van der Waals surface area (Å²) in [6.45, 7) is 3.73. The molecule has 0 amide bonds. The van der Waals surface area contributed by atoms with Crippen LogP contribution in [0, 0.1) is 0 Å². The Morgan fingerprint density at radius 3 is 2.68 bits per heavy atom. The highest BCUT2D eigenvalue weighted by molar-refractivity contribution is 6.42. The molecular formula is C15H21Cl2N3O2. The van der Waals surface area contributed by atoms with E-state index in [1.165, 1.54) is 7.11 Å². The molecule has 0 saturated heterocycles. The lowest BCUT2D eigenvalue weighted by molar-refractivity contribution is -0.140. The fraction of sp³-hybridized carbons (Fsp3) is 0.467. The SMILES string of the molecule is CCNC(=NCCC(=O)OC)N(C)Cc1ccc(Cl)c(Cl)c1. The summed E-state index contributed by atoms with van der Waals surface area (Å²) in [6, 6.07) is 5.52. The Hall–Kier alpha value is -1.46. The van der Waals surface area contributed by atoms with Gasteiger partial charge in [-0.25, -0.2) is 0 Å². The topological polar surface area (TPSA) is 53.9 Å². The van der Waals surface area contributed by atoms with Gasteiger partial charge in [-0.3, -0.25) is 9.79 Å². The fourth-order valence-electron chi connectivity index (χ4n) is 1.81. The molecule has 0 fully saturated rings. The van der Waals surface area contributed by atoms with E-state index in [1.807, 2.05) is 31.0 Å². The van der Waals surface area contributed by atoms with Crippen molar-refractivity contribution < 1.29 is 9.53 Å². The van der Waals surface area contributed by atoms with Crippen LogP contribution in [-0.2, 0) is 16.1 Å². The number of methoxy groups -OCH3 is 1. The van der Waals surface area contributed by atoms with Gasteiger partial charge in [0, 0.05) is 20.1 Å². The van der Waals surface area contributed by atoms with Crippen LogP contribution in [0.25, 0.3) is 0 Å². The number of halogens is 2. The molecule has 1 aromatic rings. The lowest BCUT2D eigenvalue weighted by Crippen LogP contribution is -2.38. The van der Waals surface area contributed by atoms with Gasteiger partial charge in [-0.15, -0.1) is 0 Å². The standard InChI is InChI=1S/C15H21Cl2N3O2/c1-4-18-15(19-8-7-14(21)22-3)20(2)10-11-5-6-12(16)13(17)9-11/h5-6,9H,4,7-8,10H2,1-3H3,(H,18,19). The van der Waals surface area contributed by atoms with Gasteiger partial charge in [-0.05, 0) is 24.6 Å². The predicted octanol–water partition coefficient (Wildman–Crippen LogP) is 2.95. The molecule has 122 valence electrons. The minimum Gasteiger partial charge on any atom is -0.469 e. The van der Waals surface area contributed by atoms with Crippen LogP contribution in [-0.4, -0.2) is 44.1 Å². The van der Waals surface area contributed by atoms with E-state index in [4.69, 9.17) is 23.2 Å². The third kappa shape index (κ3) is 6.12. The van der Waals surface area contributed by atoms with Gasteiger partial charge in [0.25, 0.3) is 0 Å². The van der Waals surface area contributed by atoms with Gasteiger partial charge in [-0.1, -0.05) is 29.3 Å². The Labute approximate surface area is 141 Å². The van der Waals surface area contributed by atoms with Crippen LogP contribution >= 0.6 is 23.2 Å². The number of carbonyl (C=O) groups excluding carboxylic acids is 1. The summed E-state index contributed by atoms with van der Waals surface area (Å²) in [5, 5.41) is 4.25. The second-order valence-corrected chi connectivity index (χ2v) is 5.48. The van der Waals surface area contributed by atoms with E-state index in [0.29, 0.717) is 23.1 Å². The molecule has 1 N–H and O–H groups in total. The average Bonchev–Trinajstić information content (AvgIpc) is 2.49. The van der Waals surface area contributed by atoms with E-state index in [-0.39, 0.29) is 12.4 Å². The van der Waals surface area contributed by atoms with Gasteiger partial charge in [0.15, 0.2) is 5.96 Å². The number of nitrogens with zero attached hydrogens (tertiary/aromatic N) is 2. The number of guanidine groups is 1. The number of carbonyl (C=O) groups is 1. The summed E-state index contributed by atoms with van der Waals surface area (Å²) in [7, 11) is 3.29. The number of ether oxygens (including phenoxy) is 1. The molecule has 0 radical (unpaired) electrons. The summed E-state index contributed by atoms with van der Waals surface area (Å²) >= 11 is 11.9. The molecule has 5 nitrogen and oxygen atoms in total. The number of rotatable bonds is 6. The van der Waals surface area contributed by atoms with E-state index >= 15 is 0 Å². The lowest BCUT2D eigenvalue weighted by atomic mass is 10.2. The van der Waals surface area contributed by atoms with Crippen LogP contribution in [0.4, 0.5) is 0 Å². The van der Waals surface area contributed by atoms with Gasteiger partial charge in [0.1, 0.15) is 0 Å². The Balaban J connectivity index is 2.70. The third-order valence-electron chi connectivity index (χ3n) is 2.91. The van der Waals surface area contributed by atoms with Gasteiger partial charge in [0.2, 0.25) is 0 Å². The Kier molecular flexibility index (Phi) is 8.06. The number of esters is 1. The molecule has 0 unspecified atom stereocenters. The Morgan fingerprint density at radius 1 is 1.36 bits per heavy atom. The van der Waals surface area contributed by atoms with Crippen molar-refractivity contribution in [3.8, 4) is 0 Å². The summed E-state index contributed by atoms with van der Waals surface area (Å²) in [4.78, 5) is 17.5. The number of aliphatic imine (C=N–C) groups is 1. The van der Waals surface area contributed by atoms with E-state index in [0.717, 1.165) is 18.1 Å². The molecule has 0 aliphatic carbocycles. The highest BCUT2D eigenvalue weighted by atomic mass is 35.5. The van der Waals surface area contributed by atoms with Crippen molar-refractivity contribution in [2.75, 3.05) is 27.2 Å². The maximum absolute atomic E-state index is 11.1. The fourth-order valence-corrected chi connectivity index (χ4v) is 2.13. The smallest absolute Gasteiger partial charge is 0.307 e. The van der Waals surface area contributed by atoms with E-state index in [9.17, 15) is 4.79 Å². The monoisotopic (exact) mass is 345 g/mol. The van der Waals surface area contributed by atoms with Gasteiger partial charge in [0.05, 0.1) is 30.1 Å². The van der Waals surface area contributed by atoms with Gasteiger partial charge in [-0.2, -0.15) is 0 Å². The first-order valence-electron chi connectivity index (χ1n) is 6.98. The first kappa shape index (κ1) is 18.6. The minimum atomic E-state index is -0.272. The first-order chi connectivity index (χ1) is 10.5. The van der Waals surface area contributed by atoms with Crippen molar-refractivity contribution in [1.82, 2.24) is 10.2 Å². The van der Waals surface area contributed by atoms with Crippen molar-refractivity contribution in [2.45, 2.75) is 19.9 Å². The van der Waals surface area contributed by atoms with Gasteiger partial charge >= 0.3 is 5.97 Å². The number of nitrogens with one attached hydrogen (secondary N) is 1. The van der Waals surface area contributed by atoms with Crippen LogP contribution in [0.1, 0.15) is 18.9 Å². The largest absolute Gasteiger partial charge is 0.469 e. The zero-order valence-electron chi connectivity index (χ0n) is 13.0. The lowest BCUT2D eigenvalue weighted by Gasteiger charge is -2.22. The molecule has 0 aliphatic rings. The van der Waals surface area contributed by atoms with Crippen molar-refractivity contribution in [2.24, 2.45) is 4.99 Å². The molecule has 0 aliphatic heterocycles. The summed E-state index contributed by atoms with van der Waals surface area (Å²) in [6.07, 6.45) is 0.256. The molecule has 7 heteroatoms. The van der Waals surface area contributed by atoms with Crippen LogP contribution in [0.5, 0.6) is 0 Å². The van der Waals surface area contributed by atoms with Crippen molar-refractivity contribution in [3.05, 3.63) is 33.8 Å². The van der Waals surface area contributed by atoms with Gasteiger partial charge < -0.3 is 15.0 Å². The number of hydrogen-bond donors (Lipinski definition) is 1. The maximum Gasteiger partial charge on any atom is 0.307 e. The zero-order chi connectivity index (χ0) is 16.5. The van der Waals surface area contributed by atoms with Crippen molar-refractivity contribution in [3.63, 3.8) is 0 Å². The molecule has 0 heterocycles. The molecule has 1 aromatic carbocycles. The quantitative estimate of drug-likeness (QED) is 0.489. The van der Waals surface area contributed by atoms with E-state index in [2.05, 4.69) is 15.0 Å². The molecule has 22 heavy (non-hydrogen) atoms. The second-order valence-electron chi connectivity index (χ2n) is 4.67. The number of benzene rings is 1. The highest BCUT2D eigenvalue weighted by Crippen LogP contribution is 2.23. The third-order valence-corrected chi connectivity index (χ3v) is 3.64. The van der Waals surface area contributed by atoms with Crippen LogP contribution in [0.3, 0.4) is 0 Å². The van der Waals surface area contributed by atoms with E-state index < -0.39 is 0 Å². The molecule has 0 atom stereocenters. The molecule has 0 spiro atoms. The zero-order valence-corrected chi connectivity index (χ0v) is 14.5. The molecular weight excluding hydrogens is 325 g/mol. The van der Waals surface area contributed by atoms with Crippen LogP contribution in [0.2, 0.25) is 10.0 Å². The van der Waals surface area contributed by atoms with Crippen LogP contribution < -0.4 is 5.32 Å². The second kappa shape index (κ2) is 9.54. The first-order valence-corrected chi connectivity index (χ1v) is 7.73. The molecule has 0 saturated carbocycles. The summed E-state index contributed by atoms with van der Waals surface area (Å²) in [5.41, 5.74) is 1.02. The molecule has 0 bridgehead atoms. The van der Waals surface area contributed by atoms with Crippen molar-refractivity contribution in [1.29, 1.82) is 0 Å². The normalized spacial score (nSPS) is 11.2. The highest BCUT2D eigenvalue weighted by Gasteiger charge is 2.08. The Morgan fingerprint density at radius 2 is 2.09 bits per heavy atom. The summed E-state index contributed by atoms with van der Waals surface area (Å²) in [5.74, 6) is 0.448. The molecule has 0 aromatic heterocycles. The predicted molar refractivity (Wildman–Crippen MR) is 90.5 cm³/mol. The van der Waals surface area contributed by atoms with E-state index in [1.54, 1.807) is 6.07 Å². The maximum atomic E-state index is 11.1. The average molecular weight is 346 g/mol. The minimum absolute atomic E-state index is 0.256. The van der Waals surface area contributed by atoms with Crippen LogP contribution in [0.15, 0.2) is 23.2 Å².